The first-order valence-corrected chi connectivity index (χ1v) is 6.55. The third-order valence-corrected chi connectivity index (χ3v) is 3.07. The second-order valence-electron chi connectivity index (χ2n) is 5.05. The second kappa shape index (κ2) is 8.24. The highest BCUT2D eigenvalue weighted by Gasteiger charge is 2.60. The lowest BCUT2D eigenvalue weighted by molar-refractivity contribution is -0.231. The minimum Gasteiger partial charge on any atom is -0.481 e. The molecule has 0 aromatic heterocycles. The van der Waals surface area contributed by atoms with E-state index in [0.29, 0.717) is 0 Å². The van der Waals surface area contributed by atoms with Crippen molar-refractivity contribution in [2.24, 2.45) is 0 Å². The quantitative estimate of drug-likeness (QED) is 0.354. The van der Waals surface area contributed by atoms with E-state index in [2.05, 4.69) is 0 Å². The number of ether oxygens (including phenoxy) is 2. The molecule has 0 saturated heterocycles. The summed E-state index contributed by atoms with van der Waals surface area (Å²) in [6, 6.07) is 0. The van der Waals surface area contributed by atoms with Crippen LogP contribution in [0.4, 0.5) is 0 Å². The van der Waals surface area contributed by atoms with Gasteiger partial charge in [0, 0.05) is 13.8 Å². The van der Waals surface area contributed by atoms with Crippen LogP contribution in [0.25, 0.3) is 0 Å². The van der Waals surface area contributed by atoms with Crippen LogP contribution in [0.5, 0.6) is 0 Å². The molecule has 0 aliphatic rings. The van der Waals surface area contributed by atoms with Crippen LogP contribution in [0.1, 0.15) is 33.1 Å². The highest BCUT2D eigenvalue weighted by molar-refractivity contribution is 5.78. The van der Waals surface area contributed by atoms with Crippen LogP contribution in [0.3, 0.4) is 0 Å². The van der Waals surface area contributed by atoms with Crippen molar-refractivity contribution in [3.63, 3.8) is 0 Å². The van der Waals surface area contributed by atoms with E-state index in [9.17, 15) is 29.1 Å². The highest BCUT2D eigenvalue weighted by atomic mass is 16.6. The predicted molar refractivity (Wildman–Crippen MR) is 72.8 cm³/mol. The highest BCUT2D eigenvalue weighted by Crippen LogP contribution is 2.39. The molecule has 0 aromatic rings. The molecule has 24 heavy (non-hydrogen) atoms. The summed E-state index contributed by atoms with van der Waals surface area (Å²) in [5.41, 5.74) is -5.23. The van der Waals surface area contributed by atoms with Gasteiger partial charge in [0.2, 0.25) is 0 Å². The first-order valence-electron chi connectivity index (χ1n) is 6.55. The Morgan fingerprint density at radius 2 is 1.00 bits per heavy atom. The minimum atomic E-state index is -2.63. The van der Waals surface area contributed by atoms with Crippen LogP contribution >= 0.6 is 0 Å². The molecule has 0 heterocycles. The predicted octanol–water partition coefficient (Wildman–Crippen LogP) is -0.993. The van der Waals surface area contributed by atoms with Gasteiger partial charge in [0.05, 0.1) is 25.9 Å². The lowest BCUT2D eigenvalue weighted by Gasteiger charge is -2.45. The van der Waals surface area contributed by atoms with Crippen LogP contribution in [0.2, 0.25) is 0 Å². The van der Waals surface area contributed by atoms with Crippen LogP contribution in [-0.2, 0) is 33.4 Å². The summed E-state index contributed by atoms with van der Waals surface area (Å²) < 4.78 is 9.61. The molecule has 0 amide bonds. The Hall–Kier alpha value is -2.69. The van der Waals surface area contributed by atoms with E-state index in [4.69, 9.17) is 24.8 Å². The molecule has 1 atom stereocenters. The van der Waals surface area contributed by atoms with E-state index >= 15 is 0 Å². The maximum atomic E-state index is 11.4. The Morgan fingerprint density at radius 1 is 0.708 bits per heavy atom. The number of esters is 2. The minimum absolute atomic E-state index is 0.828. The van der Waals surface area contributed by atoms with Gasteiger partial charge in [-0.05, 0) is 0 Å². The number of carboxylic acid groups (broad SMARTS) is 3. The van der Waals surface area contributed by atoms with E-state index < -0.39 is 66.9 Å². The average Bonchev–Trinajstić information content (AvgIpc) is 2.33. The SMILES string of the molecule is CC(=O)OC(CO)(CC(=O)O)C(CC(=O)O)(CC(=O)O)OC(C)=O. The van der Waals surface area contributed by atoms with Gasteiger partial charge in [-0.3, -0.25) is 24.0 Å². The van der Waals surface area contributed by atoms with Gasteiger partial charge in [-0.2, -0.15) is 0 Å². The van der Waals surface area contributed by atoms with Crippen LogP contribution in [0.15, 0.2) is 0 Å². The molecule has 11 heteroatoms. The van der Waals surface area contributed by atoms with Crippen molar-refractivity contribution in [2.45, 2.75) is 44.3 Å². The standard InChI is InChI=1S/C13H18O11/c1-7(15)23-12(3-9(17)18,4-10(19)20)13(6-14,5-11(21)22)24-8(2)16/h14H,3-6H2,1-2H3,(H,17,18)(H,19,20)(H,21,22). The summed E-state index contributed by atoms with van der Waals surface area (Å²) in [6.07, 6.45) is -3.60. The van der Waals surface area contributed by atoms with Gasteiger partial charge >= 0.3 is 29.8 Å². The maximum Gasteiger partial charge on any atom is 0.307 e. The van der Waals surface area contributed by atoms with Crippen LogP contribution in [-0.4, -0.2) is 68.1 Å². The third kappa shape index (κ3) is 5.50. The Balaban J connectivity index is 6.50. The lowest BCUT2D eigenvalue weighted by atomic mass is 9.75. The molecule has 0 bridgehead atoms. The zero-order valence-electron chi connectivity index (χ0n) is 13.0. The molecule has 1 unspecified atom stereocenters. The number of aliphatic carboxylic acids is 3. The molecule has 0 aromatic carbocycles. The molecular formula is C13H18O11. The molecule has 4 N–H and O–H groups in total. The van der Waals surface area contributed by atoms with Gasteiger partial charge in [-0.1, -0.05) is 0 Å². The van der Waals surface area contributed by atoms with Crippen molar-refractivity contribution in [2.75, 3.05) is 6.61 Å². The summed E-state index contributed by atoms with van der Waals surface area (Å²) in [5, 5.41) is 36.7. The number of hydrogen-bond acceptors (Lipinski definition) is 8. The summed E-state index contributed by atoms with van der Waals surface area (Å²) in [5.74, 6) is -7.23. The number of aliphatic hydroxyl groups is 1. The van der Waals surface area contributed by atoms with Crippen molar-refractivity contribution in [1.29, 1.82) is 0 Å². The largest absolute Gasteiger partial charge is 0.481 e. The number of rotatable bonds is 10. The van der Waals surface area contributed by atoms with Crippen LogP contribution in [0, 0.1) is 0 Å². The van der Waals surface area contributed by atoms with Crippen molar-refractivity contribution >= 4 is 29.8 Å². The zero-order valence-corrected chi connectivity index (χ0v) is 13.0. The van der Waals surface area contributed by atoms with Crippen molar-refractivity contribution in [1.82, 2.24) is 0 Å². The Morgan fingerprint density at radius 3 is 1.25 bits per heavy atom. The van der Waals surface area contributed by atoms with E-state index in [-0.39, 0.29) is 0 Å². The molecule has 0 aliphatic heterocycles. The fourth-order valence-corrected chi connectivity index (χ4v) is 2.36. The average molecular weight is 350 g/mol. The van der Waals surface area contributed by atoms with E-state index in [1.807, 2.05) is 0 Å². The Kier molecular flexibility index (Phi) is 7.32. The van der Waals surface area contributed by atoms with Gasteiger partial charge in [0.1, 0.15) is 0 Å². The van der Waals surface area contributed by atoms with Crippen molar-refractivity contribution in [3.8, 4) is 0 Å². The lowest BCUT2D eigenvalue weighted by Crippen LogP contribution is -2.63. The van der Waals surface area contributed by atoms with E-state index in [0.717, 1.165) is 13.8 Å². The van der Waals surface area contributed by atoms with Gasteiger partial charge in [-0.25, -0.2) is 0 Å². The number of aliphatic hydroxyl groups excluding tert-OH is 1. The van der Waals surface area contributed by atoms with Gasteiger partial charge in [-0.15, -0.1) is 0 Å². The molecule has 0 rings (SSSR count). The first kappa shape index (κ1) is 21.3. The monoisotopic (exact) mass is 350 g/mol. The van der Waals surface area contributed by atoms with Gasteiger partial charge < -0.3 is 29.9 Å². The fourth-order valence-electron chi connectivity index (χ4n) is 2.36. The van der Waals surface area contributed by atoms with Crippen molar-refractivity contribution in [3.05, 3.63) is 0 Å². The summed E-state index contributed by atoms with van der Waals surface area (Å²) in [4.78, 5) is 56.2. The smallest absolute Gasteiger partial charge is 0.307 e. The van der Waals surface area contributed by atoms with Gasteiger partial charge in [0.15, 0.2) is 11.2 Å². The number of carbonyl (C=O) groups is 5. The molecule has 136 valence electrons. The fraction of sp³-hybridized carbons (Fsp3) is 0.615. The van der Waals surface area contributed by atoms with Crippen molar-refractivity contribution < 1.29 is 53.9 Å². The second-order valence-corrected chi connectivity index (χ2v) is 5.05. The first-order chi connectivity index (χ1) is 10.9. The van der Waals surface area contributed by atoms with E-state index in [1.165, 1.54) is 0 Å². The Bertz CT molecular complexity index is 479. The molecule has 0 aliphatic carbocycles. The molecule has 0 fully saturated rings. The molecule has 0 radical (unpaired) electrons. The molecular weight excluding hydrogens is 332 g/mol. The number of hydrogen-bond donors (Lipinski definition) is 4. The molecule has 0 saturated carbocycles. The van der Waals surface area contributed by atoms with Crippen LogP contribution < -0.4 is 0 Å². The zero-order chi connectivity index (χ0) is 19.1. The summed E-state index contributed by atoms with van der Waals surface area (Å²) in [7, 11) is 0. The molecule has 0 spiro atoms. The van der Waals surface area contributed by atoms with E-state index in [1.54, 1.807) is 0 Å². The normalized spacial score (nSPS) is 13.5. The number of carboxylic acids is 3. The summed E-state index contributed by atoms with van der Waals surface area (Å²) in [6.45, 7) is 0.383. The Labute approximate surface area is 135 Å². The topological polar surface area (TPSA) is 185 Å². The number of carbonyl (C=O) groups excluding carboxylic acids is 2. The summed E-state index contributed by atoms with van der Waals surface area (Å²) >= 11 is 0. The molecule has 11 nitrogen and oxygen atoms in total. The van der Waals surface area contributed by atoms with Gasteiger partial charge in [0.25, 0.3) is 0 Å². The maximum absolute atomic E-state index is 11.4. The third-order valence-electron chi connectivity index (χ3n) is 3.07.